The van der Waals surface area contributed by atoms with Crippen molar-refractivity contribution in [3.63, 3.8) is 0 Å². The van der Waals surface area contributed by atoms with Gasteiger partial charge in [0.05, 0.1) is 5.56 Å². The van der Waals surface area contributed by atoms with E-state index < -0.39 is 0 Å². The van der Waals surface area contributed by atoms with Crippen LogP contribution < -0.4 is 10.9 Å². The Morgan fingerprint density at radius 3 is 2.46 bits per heavy atom. The van der Waals surface area contributed by atoms with Gasteiger partial charge in [0.15, 0.2) is 10.6 Å². The van der Waals surface area contributed by atoms with Crippen molar-refractivity contribution in [3.05, 3.63) is 67.4 Å². The molecule has 0 unspecified atom stereocenters. The Labute approximate surface area is 156 Å². The minimum absolute atomic E-state index is 0.0989. The summed E-state index contributed by atoms with van der Waals surface area (Å²) in [5.74, 6) is 0.302. The zero-order valence-electron chi connectivity index (χ0n) is 15.0. The van der Waals surface area contributed by atoms with E-state index in [1.54, 1.807) is 0 Å². The third-order valence-electron chi connectivity index (χ3n) is 5.16. The molecule has 0 amide bonds. The fraction of sp³-hybridized carbons (Fsp3) is 0.350. The van der Waals surface area contributed by atoms with E-state index in [9.17, 15) is 9.59 Å². The average molecular weight is 367 g/mol. The third kappa shape index (κ3) is 2.74. The molecular weight excluding hydrogens is 346 g/mol. The summed E-state index contributed by atoms with van der Waals surface area (Å²) < 4.78 is 0.273. The molecule has 2 aromatic rings. The summed E-state index contributed by atoms with van der Waals surface area (Å²) in [6.07, 6.45) is 1.23. The molecule has 2 heterocycles. The van der Waals surface area contributed by atoms with E-state index in [-0.39, 0.29) is 27.4 Å². The summed E-state index contributed by atoms with van der Waals surface area (Å²) in [4.78, 5) is 31.5. The van der Waals surface area contributed by atoms with Crippen LogP contribution in [-0.2, 0) is 4.79 Å². The van der Waals surface area contributed by atoms with Crippen LogP contribution in [0.2, 0.25) is 0 Å². The van der Waals surface area contributed by atoms with Crippen molar-refractivity contribution < 1.29 is 4.79 Å². The van der Waals surface area contributed by atoms with Crippen LogP contribution in [0.25, 0.3) is 0 Å². The molecule has 1 aromatic heterocycles. The van der Waals surface area contributed by atoms with Gasteiger partial charge in [-0.05, 0) is 36.5 Å². The number of carbonyl (C=O) groups excluding carboxylic acids is 1. The molecule has 1 atom stereocenters. The molecule has 4 rings (SSSR count). The molecule has 26 heavy (non-hydrogen) atoms. The van der Waals surface area contributed by atoms with E-state index in [2.05, 4.69) is 29.1 Å². The molecule has 3 N–H and O–H groups in total. The van der Waals surface area contributed by atoms with Gasteiger partial charge in [-0.15, -0.1) is 0 Å². The number of aromatic amines is 2. The molecule has 134 valence electrons. The van der Waals surface area contributed by atoms with Crippen molar-refractivity contribution in [3.8, 4) is 0 Å². The minimum Gasteiger partial charge on any atom is -0.344 e. The molecule has 2 aliphatic rings. The van der Waals surface area contributed by atoms with Crippen LogP contribution in [0.15, 0.2) is 40.3 Å². The maximum atomic E-state index is 13.0. The van der Waals surface area contributed by atoms with Crippen molar-refractivity contribution in [2.75, 3.05) is 5.32 Å². The van der Waals surface area contributed by atoms with E-state index in [4.69, 9.17) is 12.2 Å². The van der Waals surface area contributed by atoms with Gasteiger partial charge < -0.3 is 10.3 Å². The van der Waals surface area contributed by atoms with Gasteiger partial charge >= 0.3 is 0 Å². The van der Waals surface area contributed by atoms with E-state index in [1.165, 1.54) is 0 Å². The Morgan fingerprint density at radius 1 is 1.08 bits per heavy atom. The molecule has 0 fully saturated rings. The van der Waals surface area contributed by atoms with E-state index >= 15 is 0 Å². The van der Waals surface area contributed by atoms with E-state index in [0.717, 1.165) is 23.2 Å². The van der Waals surface area contributed by atoms with Crippen LogP contribution >= 0.6 is 12.2 Å². The van der Waals surface area contributed by atoms with Gasteiger partial charge in [-0.2, -0.15) is 0 Å². The second-order valence-corrected chi connectivity index (χ2v) is 8.41. The summed E-state index contributed by atoms with van der Waals surface area (Å²) in [5.41, 5.74) is 3.82. The molecule has 0 radical (unpaired) electrons. The highest BCUT2D eigenvalue weighted by Gasteiger charge is 2.41. The van der Waals surface area contributed by atoms with Crippen molar-refractivity contribution in [1.29, 1.82) is 0 Å². The Morgan fingerprint density at radius 2 is 1.77 bits per heavy atom. The van der Waals surface area contributed by atoms with Crippen molar-refractivity contribution in [1.82, 2.24) is 9.97 Å². The number of nitrogens with one attached hydrogen (secondary N) is 3. The summed E-state index contributed by atoms with van der Waals surface area (Å²) in [5, 5.41) is 3.29. The van der Waals surface area contributed by atoms with Crippen LogP contribution in [0.3, 0.4) is 0 Å². The second-order valence-electron chi connectivity index (χ2n) is 8.00. The molecule has 0 spiro atoms. The number of hydrogen-bond donors (Lipinski definition) is 3. The lowest BCUT2D eigenvalue weighted by molar-refractivity contribution is -0.118. The first-order valence-corrected chi connectivity index (χ1v) is 9.12. The molecule has 0 bridgehead atoms. The lowest BCUT2D eigenvalue weighted by Crippen LogP contribution is -2.36. The molecule has 0 saturated heterocycles. The lowest BCUT2D eigenvalue weighted by Gasteiger charge is -2.38. The number of Topliss-reactive ketones (excluding diaryl/α,β-unsaturated/α-hetero) is 1. The minimum atomic E-state index is -0.388. The molecule has 1 aliphatic heterocycles. The van der Waals surface area contributed by atoms with Gasteiger partial charge in [-0.25, -0.2) is 0 Å². The Kier molecular flexibility index (Phi) is 3.77. The number of H-pyrrole nitrogens is 2. The normalized spacial score (nSPS) is 21.0. The fourth-order valence-electron chi connectivity index (χ4n) is 4.04. The largest absolute Gasteiger partial charge is 0.344 e. The highest BCUT2D eigenvalue weighted by Crippen LogP contribution is 2.47. The van der Waals surface area contributed by atoms with Crippen molar-refractivity contribution in [2.45, 2.75) is 39.5 Å². The Hall–Kier alpha value is -2.47. The zero-order valence-corrected chi connectivity index (χ0v) is 15.8. The number of benzene rings is 1. The zero-order chi connectivity index (χ0) is 18.6. The summed E-state index contributed by atoms with van der Waals surface area (Å²) >= 11 is 5.14. The second kappa shape index (κ2) is 5.77. The Bertz CT molecular complexity index is 1060. The summed E-state index contributed by atoms with van der Waals surface area (Å²) in [6, 6.07) is 8.00. The number of aryl methyl sites for hydroxylation is 1. The van der Waals surface area contributed by atoms with Gasteiger partial charge in [0.1, 0.15) is 5.82 Å². The first-order chi connectivity index (χ1) is 12.2. The fourth-order valence-corrected chi connectivity index (χ4v) is 4.23. The number of ketones is 1. The standard InChI is InChI=1S/C20H21N3O2S/c1-10-4-6-11(7-5-10)14-15-12(8-20(2,3)9-13(15)24)21-17-16(14)18(25)23-19(26)22-17/h4-7,14H,8-9H2,1-3H3,(H3,21,22,23,25,26)/t14-/m0/s1. The van der Waals surface area contributed by atoms with E-state index in [0.29, 0.717) is 23.4 Å². The van der Waals surface area contributed by atoms with Gasteiger partial charge in [-0.3, -0.25) is 14.6 Å². The summed E-state index contributed by atoms with van der Waals surface area (Å²) in [7, 11) is 0. The van der Waals surface area contributed by atoms with Gasteiger partial charge in [0, 0.05) is 23.6 Å². The van der Waals surface area contributed by atoms with Crippen LogP contribution in [0.5, 0.6) is 0 Å². The number of rotatable bonds is 1. The molecule has 5 nitrogen and oxygen atoms in total. The first kappa shape index (κ1) is 17.0. The maximum Gasteiger partial charge on any atom is 0.257 e. The smallest absolute Gasteiger partial charge is 0.257 e. The number of hydrogen-bond acceptors (Lipinski definition) is 4. The molecule has 1 aliphatic carbocycles. The Balaban J connectivity index is 2.00. The predicted octanol–water partition coefficient (Wildman–Crippen LogP) is 3.94. The van der Waals surface area contributed by atoms with Crippen LogP contribution in [0, 0.1) is 17.1 Å². The number of aromatic nitrogens is 2. The molecule has 0 saturated carbocycles. The summed E-state index contributed by atoms with van der Waals surface area (Å²) in [6.45, 7) is 6.20. The number of fused-ring (bicyclic) bond motifs is 1. The predicted molar refractivity (Wildman–Crippen MR) is 104 cm³/mol. The third-order valence-corrected chi connectivity index (χ3v) is 5.37. The topological polar surface area (TPSA) is 77.8 Å². The molecule has 1 aromatic carbocycles. The highest BCUT2D eigenvalue weighted by atomic mass is 32.1. The number of anilines is 1. The van der Waals surface area contributed by atoms with Crippen molar-refractivity contribution in [2.24, 2.45) is 5.41 Å². The quantitative estimate of drug-likeness (QED) is 0.667. The monoisotopic (exact) mass is 367 g/mol. The van der Waals surface area contributed by atoms with Crippen LogP contribution in [-0.4, -0.2) is 15.8 Å². The van der Waals surface area contributed by atoms with Crippen molar-refractivity contribution >= 4 is 23.8 Å². The van der Waals surface area contributed by atoms with Gasteiger partial charge in [0.25, 0.3) is 5.56 Å². The van der Waals surface area contributed by atoms with Crippen LogP contribution in [0.1, 0.15) is 49.3 Å². The molecular formula is C20H21N3O2S. The number of allylic oxidation sites excluding steroid dienone is 2. The van der Waals surface area contributed by atoms with Gasteiger partial charge in [-0.1, -0.05) is 43.7 Å². The average Bonchev–Trinajstić information content (AvgIpc) is 2.52. The maximum absolute atomic E-state index is 13.0. The number of carbonyl (C=O) groups is 1. The highest BCUT2D eigenvalue weighted by molar-refractivity contribution is 7.71. The van der Waals surface area contributed by atoms with E-state index in [1.807, 2.05) is 31.2 Å². The van der Waals surface area contributed by atoms with Crippen LogP contribution in [0.4, 0.5) is 5.82 Å². The first-order valence-electron chi connectivity index (χ1n) is 8.71. The van der Waals surface area contributed by atoms with Gasteiger partial charge in [0.2, 0.25) is 0 Å². The molecule has 6 heteroatoms. The SMILES string of the molecule is Cc1ccc([C@H]2C3=C(CC(C)(C)CC3=O)Nc3[nH]c(=S)[nH]c(=O)c32)cc1. The lowest BCUT2D eigenvalue weighted by atomic mass is 9.69.